The molecule has 0 saturated heterocycles. The highest BCUT2D eigenvalue weighted by Gasteiger charge is 2.44. The number of allylic oxidation sites excluding steroid dienone is 2. The van der Waals surface area contributed by atoms with Gasteiger partial charge in [0.05, 0.1) is 8.07 Å². The molecule has 0 aliphatic heterocycles. The molecule has 0 fully saturated rings. The van der Waals surface area contributed by atoms with Crippen LogP contribution in [0.25, 0.3) is 11.3 Å². The summed E-state index contributed by atoms with van der Waals surface area (Å²) in [6, 6.07) is 35.3. The number of benzene rings is 4. The van der Waals surface area contributed by atoms with Crippen LogP contribution in [0, 0.1) is 0 Å². The van der Waals surface area contributed by atoms with Gasteiger partial charge in [0.25, 0.3) is 0 Å². The van der Waals surface area contributed by atoms with Crippen LogP contribution in [0.4, 0.5) is 22.7 Å². The molecule has 2 aliphatic rings. The van der Waals surface area contributed by atoms with Gasteiger partial charge in [-0.05, 0) is 73.4 Å². The number of nitrogens with zero attached hydrogens (tertiary/aromatic N) is 2. The van der Waals surface area contributed by atoms with Crippen molar-refractivity contribution in [3.05, 3.63) is 130 Å². The van der Waals surface area contributed by atoms with Gasteiger partial charge in [0.15, 0.2) is 0 Å². The minimum atomic E-state index is -1.97. The average molecular weight is 527 g/mol. The molecule has 0 saturated carbocycles. The monoisotopic (exact) mass is 526 g/mol. The van der Waals surface area contributed by atoms with Gasteiger partial charge in [0, 0.05) is 47.9 Å². The Morgan fingerprint density at radius 2 is 1.23 bits per heavy atom. The fourth-order valence-corrected chi connectivity index (χ4v) is 12.0. The fourth-order valence-electron chi connectivity index (χ4n) is 7.30. The van der Waals surface area contributed by atoms with E-state index in [4.69, 9.17) is 0 Å². The number of hydrogen-bond donors (Lipinski definition) is 0. The van der Waals surface area contributed by atoms with Gasteiger partial charge < -0.3 is 9.80 Å². The van der Waals surface area contributed by atoms with Crippen LogP contribution in [0.15, 0.2) is 108 Å². The van der Waals surface area contributed by atoms with Crippen molar-refractivity contribution in [2.75, 3.05) is 23.9 Å². The highest BCUT2D eigenvalue weighted by Crippen LogP contribution is 2.53. The summed E-state index contributed by atoms with van der Waals surface area (Å²) in [4.78, 5) is 4.69. The molecule has 3 heteroatoms. The molecule has 39 heavy (non-hydrogen) atoms. The summed E-state index contributed by atoms with van der Waals surface area (Å²) in [5.41, 5.74) is 14.4. The number of hydrogen-bond acceptors (Lipinski definition) is 2. The maximum absolute atomic E-state index is 2.60. The van der Waals surface area contributed by atoms with Crippen LogP contribution < -0.4 is 9.80 Å². The van der Waals surface area contributed by atoms with Gasteiger partial charge >= 0.3 is 0 Å². The van der Waals surface area contributed by atoms with Gasteiger partial charge in [0.1, 0.15) is 0 Å². The van der Waals surface area contributed by atoms with Crippen LogP contribution in [0.3, 0.4) is 0 Å². The van der Waals surface area contributed by atoms with Crippen molar-refractivity contribution in [1.29, 1.82) is 0 Å². The van der Waals surface area contributed by atoms with Crippen LogP contribution in [-0.4, -0.2) is 22.2 Å². The molecule has 2 nitrogen and oxygen atoms in total. The Hall–Kier alpha value is -3.82. The second kappa shape index (κ2) is 9.73. The zero-order valence-corrected chi connectivity index (χ0v) is 25.0. The van der Waals surface area contributed by atoms with Crippen molar-refractivity contribution < 1.29 is 0 Å². The lowest BCUT2D eigenvalue weighted by atomic mass is 10.1. The van der Waals surface area contributed by atoms with Crippen molar-refractivity contribution in [2.45, 2.75) is 38.9 Å². The van der Waals surface area contributed by atoms with E-state index >= 15 is 0 Å². The summed E-state index contributed by atoms with van der Waals surface area (Å²) >= 11 is 0. The van der Waals surface area contributed by atoms with Gasteiger partial charge in [-0.25, -0.2) is 0 Å². The standard InChI is InChI=1S/C36H38N2Si/c1-25-23-31-29(19-13-21-33(31)37(3)27-15-9-7-10-16-27)35(25)39(5,6)36-26(2)24-32-30(36)20-14-22-34(32)38(4)28-17-11-8-12-18-28/h7-23,35H,24H2,1-6H3. The summed E-state index contributed by atoms with van der Waals surface area (Å²) in [5, 5.41) is 1.65. The SMILES string of the molecule is CC1=Cc2c(cccc2N(C)c2ccccc2)C1[Si](C)(C)C1=C(C)Cc2c1cccc2N(C)c1ccccc1. The Morgan fingerprint density at radius 3 is 1.87 bits per heavy atom. The van der Waals surface area contributed by atoms with Gasteiger partial charge in [-0.2, -0.15) is 0 Å². The quantitative estimate of drug-likeness (QED) is 0.231. The Bertz CT molecular complexity index is 1600. The third-order valence-electron chi connectivity index (χ3n) is 8.92. The zero-order chi connectivity index (χ0) is 27.3. The third-order valence-corrected chi connectivity index (χ3v) is 13.1. The molecule has 0 amide bonds. The lowest BCUT2D eigenvalue weighted by molar-refractivity contribution is 1.08. The Labute approximate surface area is 234 Å². The molecule has 2 aliphatic carbocycles. The molecular formula is C36H38N2Si. The topological polar surface area (TPSA) is 6.48 Å². The van der Waals surface area contributed by atoms with Gasteiger partial charge in [-0.15, -0.1) is 0 Å². The molecule has 0 aromatic heterocycles. The summed E-state index contributed by atoms with van der Waals surface area (Å²) in [7, 11) is 2.42. The molecule has 4 aromatic carbocycles. The minimum absolute atomic E-state index is 0.461. The molecule has 1 unspecified atom stereocenters. The predicted molar refractivity (Wildman–Crippen MR) is 172 cm³/mol. The molecule has 4 aromatic rings. The van der Waals surface area contributed by atoms with E-state index in [1.54, 1.807) is 10.8 Å². The van der Waals surface area contributed by atoms with E-state index in [1.807, 2.05) is 0 Å². The normalized spacial score (nSPS) is 16.2. The molecule has 0 spiro atoms. The van der Waals surface area contributed by atoms with E-state index in [1.165, 1.54) is 50.6 Å². The maximum atomic E-state index is 2.60. The Balaban J connectivity index is 1.41. The van der Waals surface area contributed by atoms with Crippen LogP contribution in [0.5, 0.6) is 0 Å². The number of para-hydroxylation sites is 2. The van der Waals surface area contributed by atoms with E-state index in [9.17, 15) is 0 Å². The van der Waals surface area contributed by atoms with E-state index in [-0.39, 0.29) is 0 Å². The summed E-state index contributed by atoms with van der Waals surface area (Å²) in [6.45, 7) is 9.93. The van der Waals surface area contributed by atoms with E-state index in [0.29, 0.717) is 5.54 Å². The lowest BCUT2D eigenvalue weighted by Crippen LogP contribution is -2.37. The first-order valence-electron chi connectivity index (χ1n) is 14.0. The van der Waals surface area contributed by atoms with E-state index < -0.39 is 8.07 Å². The number of rotatable bonds is 6. The highest BCUT2D eigenvalue weighted by molar-refractivity contribution is 6.96. The van der Waals surface area contributed by atoms with Crippen LogP contribution in [0.1, 0.15) is 41.6 Å². The number of fused-ring (bicyclic) bond motifs is 2. The van der Waals surface area contributed by atoms with Gasteiger partial charge in [0.2, 0.25) is 0 Å². The first-order chi connectivity index (χ1) is 18.8. The van der Waals surface area contributed by atoms with E-state index in [0.717, 1.165) is 6.42 Å². The first-order valence-corrected chi connectivity index (χ1v) is 17.1. The third kappa shape index (κ3) is 4.16. The van der Waals surface area contributed by atoms with Gasteiger partial charge in [-0.1, -0.05) is 96.2 Å². The molecule has 0 N–H and O–H groups in total. The van der Waals surface area contributed by atoms with Crippen LogP contribution in [0.2, 0.25) is 13.1 Å². The first kappa shape index (κ1) is 25.5. The molecule has 1 atom stereocenters. The van der Waals surface area contributed by atoms with Crippen LogP contribution >= 0.6 is 0 Å². The van der Waals surface area contributed by atoms with E-state index in [2.05, 4.69) is 154 Å². The zero-order valence-electron chi connectivity index (χ0n) is 24.0. The van der Waals surface area contributed by atoms with Gasteiger partial charge in [-0.3, -0.25) is 0 Å². The fraction of sp³-hybridized carbons (Fsp3) is 0.222. The largest absolute Gasteiger partial charge is 0.344 e. The van der Waals surface area contributed by atoms with Crippen molar-refractivity contribution in [2.24, 2.45) is 0 Å². The minimum Gasteiger partial charge on any atom is -0.344 e. The van der Waals surface area contributed by atoms with Crippen molar-refractivity contribution in [1.82, 2.24) is 0 Å². The van der Waals surface area contributed by atoms with Crippen molar-refractivity contribution in [3.8, 4) is 0 Å². The summed E-state index contributed by atoms with van der Waals surface area (Å²) < 4.78 is 0. The Morgan fingerprint density at radius 1 is 0.667 bits per heavy atom. The Kier molecular flexibility index (Phi) is 6.35. The second-order valence-electron chi connectivity index (χ2n) is 11.7. The lowest BCUT2D eigenvalue weighted by Gasteiger charge is -2.35. The molecular weight excluding hydrogens is 488 g/mol. The molecule has 6 rings (SSSR count). The molecule has 196 valence electrons. The maximum Gasteiger partial charge on any atom is 0.0930 e. The van der Waals surface area contributed by atoms with Crippen molar-refractivity contribution in [3.63, 3.8) is 0 Å². The summed E-state index contributed by atoms with van der Waals surface area (Å²) in [5.74, 6) is 0. The molecule has 0 radical (unpaired) electrons. The molecule has 0 bridgehead atoms. The average Bonchev–Trinajstić information content (AvgIpc) is 3.49. The summed E-state index contributed by atoms with van der Waals surface area (Å²) in [6.07, 6.45) is 3.50. The van der Waals surface area contributed by atoms with Crippen molar-refractivity contribution >= 4 is 42.1 Å². The smallest absolute Gasteiger partial charge is 0.0930 e. The predicted octanol–water partition coefficient (Wildman–Crippen LogP) is 9.54. The van der Waals surface area contributed by atoms with Crippen LogP contribution in [-0.2, 0) is 6.42 Å². The number of anilines is 4. The highest BCUT2D eigenvalue weighted by atomic mass is 28.3. The second-order valence-corrected chi connectivity index (χ2v) is 16.3. The molecule has 0 heterocycles.